The number of nitrogens with zero attached hydrogens (tertiary/aromatic N) is 2. The summed E-state index contributed by atoms with van der Waals surface area (Å²) in [4.78, 5) is 0. The van der Waals surface area contributed by atoms with Gasteiger partial charge in [0.2, 0.25) is 0 Å². The molecular formula is C13H13Cl2IN2O. The maximum Gasteiger partial charge on any atom is 0.122 e. The van der Waals surface area contributed by atoms with Crippen LogP contribution in [0, 0.1) is 3.57 Å². The van der Waals surface area contributed by atoms with Crippen LogP contribution in [0.2, 0.25) is 10.0 Å². The number of aliphatic hydroxyl groups is 1. The lowest BCUT2D eigenvalue weighted by atomic mass is 10.1. The Kier molecular flexibility index (Phi) is 5.11. The molecule has 3 nitrogen and oxygen atoms in total. The van der Waals surface area contributed by atoms with Crippen molar-refractivity contribution in [3.05, 3.63) is 49.3 Å². The Hall–Kier alpha value is -0.300. The van der Waals surface area contributed by atoms with Crippen molar-refractivity contribution in [1.82, 2.24) is 9.78 Å². The first kappa shape index (κ1) is 15.1. The summed E-state index contributed by atoms with van der Waals surface area (Å²) in [5.74, 6) is 0. The third-order valence-corrected chi connectivity index (χ3v) is 4.65. The van der Waals surface area contributed by atoms with Crippen LogP contribution in [-0.4, -0.2) is 14.9 Å². The average Bonchev–Trinajstić information content (AvgIpc) is 2.74. The van der Waals surface area contributed by atoms with Gasteiger partial charge in [-0.1, -0.05) is 36.2 Å². The molecule has 1 aromatic heterocycles. The highest BCUT2D eigenvalue weighted by Gasteiger charge is 2.20. The first-order valence-electron chi connectivity index (χ1n) is 5.88. The number of rotatable bonds is 4. The molecule has 1 aromatic carbocycles. The number of aryl methyl sites for hydroxylation is 1. The minimum Gasteiger partial charge on any atom is -0.382 e. The molecule has 0 radical (unpaired) electrons. The van der Waals surface area contributed by atoms with Crippen molar-refractivity contribution in [3.63, 3.8) is 0 Å². The average molecular weight is 411 g/mol. The lowest BCUT2D eigenvalue weighted by molar-refractivity contribution is 0.207. The monoisotopic (exact) mass is 410 g/mol. The van der Waals surface area contributed by atoms with Crippen LogP contribution in [0.15, 0.2) is 24.4 Å². The summed E-state index contributed by atoms with van der Waals surface area (Å²) >= 11 is 14.4. The molecule has 0 aliphatic rings. The molecule has 1 atom stereocenters. The SMILES string of the molecule is CCCn1ncc(Cl)c1C(O)c1ccc(I)c(Cl)c1. The van der Waals surface area contributed by atoms with E-state index in [1.54, 1.807) is 16.9 Å². The molecule has 0 saturated carbocycles. The van der Waals surface area contributed by atoms with Gasteiger partial charge >= 0.3 is 0 Å². The van der Waals surface area contributed by atoms with E-state index in [0.29, 0.717) is 21.3 Å². The summed E-state index contributed by atoms with van der Waals surface area (Å²) in [5.41, 5.74) is 1.32. The molecule has 0 bridgehead atoms. The number of aliphatic hydroxyl groups excluding tert-OH is 1. The molecule has 1 unspecified atom stereocenters. The summed E-state index contributed by atoms with van der Waals surface area (Å²) in [6.45, 7) is 2.77. The van der Waals surface area contributed by atoms with Crippen molar-refractivity contribution in [2.45, 2.75) is 26.0 Å². The van der Waals surface area contributed by atoms with Gasteiger partial charge in [0.25, 0.3) is 0 Å². The number of aromatic nitrogens is 2. The predicted octanol–water partition coefficient (Wildman–Crippen LogP) is 4.29. The Morgan fingerprint density at radius 3 is 2.74 bits per heavy atom. The van der Waals surface area contributed by atoms with E-state index in [-0.39, 0.29) is 0 Å². The second-order valence-corrected chi connectivity index (χ2v) is 6.15. The van der Waals surface area contributed by atoms with E-state index in [2.05, 4.69) is 27.7 Å². The number of benzene rings is 1. The van der Waals surface area contributed by atoms with E-state index in [1.165, 1.54) is 0 Å². The number of hydrogen-bond acceptors (Lipinski definition) is 2. The van der Waals surface area contributed by atoms with Crippen molar-refractivity contribution < 1.29 is 5.11 Å². The van der Waals surface area contributed by atoms with E-state index in [0.717, 1.165) is 16.5 Å². The fourth-order valence-electron chi connectivity index (χ4n) is 1.87. The van der Waals surface area contributed by atoms with Crippen LogP contribution in [0.3, 0.4) is 0 Å². The Balaban J connectivity index is 2.40. The van der Waals surface area contributed by atoms with Crippen molar-refractivity contribution in [1.29, 1.82) is 0 Å². The Labute approximate surface area is 135 Å². The number of halogens is 3. The van der Waals surface area contributed by atoms with Crippen molar-refractivity contribution >= 4 is 45.8 Å². The van der Waals surface area contributed by atoms with Crippen LogP contribution in [0.4, 0.5) is 0 Å². The zero-order valence-electron chi connectivity index (χ0n) is 10.3. The van der Waals surface area contributed by atoms with Crippen LogP contribution in [-0.2, 0) is 6.54 Å². The highest BCUT2D eigenvalue weighted by atomic mass is 127. The molecule has 0 aliphatic heterocycles. The zero-order chi connectivity index (χ0) is 14.0. The molecule has 0 fully saturated rings. The second-order valence-electron chi connectivity index (χ2n) is 4.18. The van der Waals surface area contributed by atoms with Crippen molar-refractivity contribution in [2.24, 2.45) is 0 Å². The topological polar surface area (TPSA) is 38.0 Å². The molecule has 0 saturated heterocycles. The third kappa shape index (κ3) is 3.24. The first-order chi connectivity index (χ1) is 9.04. The smallest absolute Gasteiger partial charge is 0.122 e. The second kappa shape index (κ2) is 6.43. The maximum atomic E-state index is 10.5. The summed E-state index contributed by atoms with van der Waals surface area (Å²) in [5, 5.41) is 15.7. The third-order valence-electron chi connectivity index (χ3n) is 2.79. The van der Waals surface area contributed by atoms with E-state index < -0.39 is 6.10 Å². The molecule has 6 heteroatoms. The van der Waals surface area contributed by atoms with Gasteiger partial charge in [-0.2, -0.15) is 5.10 Å². The quantitative estimate of drug-likeness (QED) is 0.763. The van der Waals surface area contributed by atoms with E-state index in [1.807, 2.05) is 19.1 Å². The van der Waals surface area contributed by atoms with Gasteiger partial charge in [-0.05, 0) is 46.7 Å². The molecule has 0 spiro atoms. The normalized spacial score (nSPS) is 12.7. The van der Waals surface area contributed by atoms with Gasteiger partial charge in [-0.15, -0.1) is 0 Å². The van der Waals surface area contributed by atoms with Crippen LogP contribution in [0.5, 0.6) is 0 Å². The van der Waals surface area contributed by atoms with Gasteiger partial charge in [0.15, 0.2) is 0 Å². The van der Waals surface area contributed by atoms with Gasteiger partial charge in [0.1, 0.15) is 6.10 Å². The molecular weight excluding hydrogens is 398 g/mol. The van der Waals surface area contributed by atoms with Gasteiger partial charge < -0.3 is 5.11 Å². The lowest BCUT2D eigenvalue weighted by Gasteiger charge is -2.14. The van der Waals surface area contributed by atoms with E-state index in [9.17, 15) is 5.11 Å². The Morgan fingerprint density at radius 2 is 2.11 bits per heavy atom. The summed E-state index contributed by atoms with van der Waals surface area (Å²) in [7, 11) is 0. The maximum absolute atomic E-state index is 10.5. The van der Waals surface area contributed by atoms with Crippen molar-refractivity contribution in [2.75, 3.05) is 0 Å². The molecule has 1 heterocycles. The van der Waals surface area contributed by atoms with Gasteiger partial charge in [-0.25, -0.2) is 0 Å². The highest BCUT2D eigenvalue weighted by molar-refractivity contribution is 14.1. The van der Waals surface area contributed by atoms with Crippen molar-refractivity contribution in [3.8, 4) is 0 Å². The van der Waals surface area contributed by atoms with E-state index in [4.69, 9.17) is 23.2 Å². The number of hydrogen-bond donors (Lipinski definition) is 1. The fraction of sp³-hybridized carbons (Fsp3) is 0.308. The summed E-state index contributed by atoms with van der Waals surface area (Å²) in [6.07, 6.45) is 1.66. The van der Waals surface area contributed by atoms with Gasteiger partial charge in [0.05, 0.1) is 21.9 Å². The Bertz CT molecular complexity index is 586. The largest absolute Gasteiger partial charge is 0.382 e. The lowest BCUT2D eigenvalue weighted by Crippen LogP contribution is -2.10. The molecule has 1 N–H and O–H groups in total. The molecule has 19 heavy (non-hydrogen) atoms. The predicted molar refractivity (Wildman–Crippen MR) is 85.8 cm³/mol. The van der Waals surface area contributed by atoms with Gasteiger partial charge in [0, 0.05) is 10.1 Å². The standard InChI is InChI=1S/C13H13Cl2IN2O/c1-2-5-18-12(10(15)7-17-18)13(19)8-3-4-11(16)9(14)6-8/h3-4,6-7,13,19H,2,5H2,1H3. The molecule has 102 valence electrons. The molecule has 0 aliphatic carbocycles. The minimum atomic E-state index is -0.823. The van der Waals surface area contributed by atoms with Crippen LogP contribution >= 0.6 is 45.8 Å². The molecule has 2 rings (SSSR count). The molecule has 2 aromatic rings. The van der Waals surface area contributed by atoms with Gasteiger partial charge in [-0.3, -0.25) is 4.68 Å². The highest BCUT2D eigenvalue weighted by Crippen LogP contribution is 2.31. The minimum absolute atomic E-state index is 0.468. The fourth-order valence-corrected chi connectivity index (χ4v) is 2.64. The van der Waals surface area contributed by atoms with E-state index >= 15 is 0 Å². The summed E-state index contributed by atoms with van der Waals surface area (Å²) < 4.78 is 2.68. The van der Waals surface area contributed by atoms with Crippen LogP contribution < -0.4 is 0 Å². The Morgan fingerprint density at radius 1 is 1.37 bits per heavy atom. The first-order valence-corrected chi connectivity index (χ1v) is 7.72. The zero-order valence-corrected chi connectivity index (χ0v) is 13.9. The van der Waals surface area contributed by atoms with Crippen LogP contribution in [0.25, 0.3) is 0 Å². The summed E-state index contributed by atoms with van der Waals surface area (Å²) in [6, 6.07) is 5.47. The molecule has 0 amide bonds. The van der Waals surface area contributed by atoms with Crippen LogP contribution in [0.1, 0.15) is 30.7 Å².